The third kappa shape index (κ3) is 3.90. The molecule has 9 heteroatoms. The zero-order chi connectivity index (χ0) is 24.7. The highest BCUT2D eigenvalue weighted by Gasteiger charge is 2.60. The number of anilines is 2. The molecule has 0 aliphatic carbocycles. The van der Waals surface area contributed by atoms with Gasteiger partial charge in [0.25, 0.3) is 5.91 Å². The van der Waals surface area contributed by atoms with Crippen LogP contribution < -0.4 is 14.7 Å². The molecule has 2 fully saturated rings. The molecule has 2 heterocycles. The van der Waals surface area contributed by atoms with Crippen LogP contribution in [0.1, 0.15) is 22.0 Å². The Morgan fingerprint density at radius 3 is 2.09 bits per heavy atom. The van der Waals surface area contributed by atoms with Crippen LogP contribution in [0.5, 0.6) is 5.75 Å². The summed E-state index contributed by atoms with van der Waals surface area (Å²) >= 11 is 6.06. The highest BCUT2D eigenvalue weighted by Crippen LogP contribution is 2.47. The topological polar surface area (TPSA) is 85.4 Å². The van der Waals surface area contributed by atoms with E-state index in [1.165, 1.54) is 19.2 Å². The number of hydrogen-bond donors (Lipinski definition) is 0. The Hall–Kier alpha value is -3.88. The predicted molar refractivity (Wildman–Crippen MR) is 128 cm³/mol. The number of methoxy groups -OCH3 is 2. The third-order valence-corrected chi connectivity index (χ3v) is 6.45. The summed E-state index contributed by atoms with van der Waals surface area (Å²) in [6.45, 7) is 0. The van der Waals surface area contributed by atoms with Gasteiger partial charge in [-0.2, -0.15) is 0 Å². The summed E-state index contributed by atoms with van der Waals surface area (Å²) in [6, 6.07) is 19.8. The number of rotatable bonds is 5. The summed E-state index contributed by atoms with van der Waals surface area (Å²) in [5, 5.41) is 2.16. The normalized spacial score (nSPS) is 21.3. The van der Waals surface area contributed by atoms with Gasteiger partial charge in [0.1, 0.15) is 11.7 Å². The first-order valence-corrected chi connectivity index (χ1v) is 11.2. The van der Waals surface area contributed by atoms with Crippen molar-refractivity contribution in [2.24, 2.45) is 5.92 Å². The Labute approximate surface area is 206 Å². The Bertz CT molecular complexity index is 1280. The zero-order valence-corrected chi connectivity index (χ0v) is 19.6. The molecule has 0 unspecified atom stereocenters. The van der Waals surface area contributed by atoms with Gasteiger partial charge in [-0.1, -0.05) is 23.7 Å². The quantitative estimate of drug-likeness (QED) is 0.390. The first kappa shape index (κ1) is 22.9. The number of ether oxygens (including phenoxy) is 2. The lowest BCUT2D eigenvalue weighted by atomic mass is 9.90. The lowest BCUT2D eigenvalue weighted by Crippen LogP contribution is -2.37. The minimum Gasteiger partial charge on any atom is -0.497 e. The second-order valence-electron chi connectivity index (χ2n) is 8.12. The van der Waals surface area contributed by atoms with Gasteiger partial charge in [-0.15, -0.1) is 0 Å². The van der Waals surface area contributed by atoms with Gasteiger partial charge < -0.3 is 9.47 Å². The van der Waals surface area contributed by atoms with E-state index in [4.69, 9.17) is 25.9 Å². The molecule has 0 N–H and O–H groups in total. The van der Waals surface area contributed by atoms with E-state index in [0.29, 0.717) is 27.7 Å². The van der Waals surface area contributed by atoms with E-state index in [2.05, 4.69) is 0 Å². The van der Waals surface area contributed by atoms with Gasteiger partial charge in [-0.25, -0.2) is 14.8 Å². The molecule has 0 aromatic heterocycles. The number of halogens is 1. The summed E-state index contributed by atoms with van der Waals surface area (Å²) < 4.78 is 9.99. The molecule has 3 aromatic carbocycles. The molecular weight excluding hydrogens is 472 g/mol. The van der Waals surface area contributed by atoms with E-state index >= 15 is 0 Å². The molecule has 0 bridgehead atoms. The van der Waals surface area contributed by atoms with Crippen LogP contribution in [-0.2, 0) is 19.2 Å². The Kier molecular flexibility index (Phi) is 5.92. The van der Waals surface area contributed by atoms with Gasteiger partial charge in [-0.05, 0) is 66.2 Å². The number of hydrogen-bond acceptors (Lipinski definition) is 7. The first-order valence-electron chi connectivity index (χ1n) is 10.8. The summed E-state index contributed by atoms with van der Waals surface area (Å²) in [5.74, 6) is -1.48. The second-order valence-corrected chi connectivity index (χ2v) is 8.56. The van der Waals surface area contributed by atoms with Gasteiger partial charge >= 0.3 is 5.97 Å². The molecule has 178 valence electrons. The molecular formula is C26H21ClN2O6. The lowest BCUT2D eigenvalue weighted by Gasteiger charge is -2.29. The fourth-order valence-corrected chi connectivity index (χ4v) is 4.61. The van der Waals surface area contributed by atoms with E-state index in [-0.39, 0.29) is 5.91 Å². The highest BCUT2D eigenvalue weighted by molar-refractivity contribution is 6.30. The Balaban J connectivity index is 1.52. The number of benzene rings is 3. The van der Waals surface area contributed by atoms with Crippen molar-refractivity contribution in [2.75, 3.05) is 24.2 Å². The SMILES string of the molecule is COC(=O)c1ccc(N2C(=O)[C@@H]3[C@H](ON(c4ccc(Cl)cc4)[C@@H]3c3ccc(OC)cc3)C2=O)cc1. The van der Waals surface area contributed by atoms with Gasteiger partial charge in [0.2, 0.25) is 5.91 Å². The van der Waals surface area contributed by atoms with E-state index in [9.17, 15) is 14.4 Å². The van der Waals surface area contributed by atoms with Gasteiger partial charge in [0.05, 0.1) is 37.2 Å². The molecule has 0 radical (unpaired) electrons. The molecule has 2 aliphatic heterocycles. The van der Waals surface area contributed by atoms with E-state index in [0.717, 1.165) is 10.5 Å². The summed E-state index contributed by atoms with van der Waals surface area (Å²) in [5.41, 5.74) is 2.13. The fourth-order valence-electron chi connectivity index (χ4n) is 4.49. The zero-order valence-electron chi connectivity index (χ0n) is 18.9. The van der Waals surface area contributed by atoms with Crippen molar-refractivity contribution in [1.29, 1.82) is 0 Å². The number of carbonyl (C=O) groups is 3. The van der Waals surface area contributed by atoms with Gasteiger partial charge in [0, 0.05) is 5.02 Å². The average Bonchev–Trinajstić information content (AvgIpc) is 3.40. The van der Waals surface area contributed by atoms with Crippen molar-refractivity contribution >= 4 is 40.8 Å². The van der Waals surface area contributed by atoms with Crippen molar-refractivity contribution in [1.82, 2.24) is 0 Å². The molecule has 2 aliphatic rings. The number of nitrogens with zero attached hydrogens (tertiary/aromatic N) is 2. The largest absolute Gasteiger partial charge is 0.497 e. The first-order chi connectivity index (χ1) is 16.9. The van der Waals surface area contributed by atoms with Crippen molar-refractivity contribution in [3.8, 4) is 5.75 Å². The molecule has 35 heavy (non-hydrogen) atoms. The maximum atomic E-state index is 13.7. The second kappa shape index (κ2) is 9.05. The predicted octanol–water partition coefficient (Wildman–Crippen LogP) is 4.19. The minimum absolute atomic E-state index is 0.316. The maximum Gasteiger partial charge on any atom is 0.337 e. The van der Waals surface area contributed by atoms with Crippen LogP contribution >= 0.6 is 11.6 Å². The van der Waals surface area contributed by atoms with Crippen molar-refractivity contribution in [2.45, 2.75) is 12.1 Å². The molecule has 2 amide bonds. The standard InChI is InChI=1S/C26H21ClN2O6/c1-33-20-13-5-15(6-14-20)22-21-23(35-29(22)19-11-7-17(27)8-12-19)25(31)28(24(21)30)18-9-3-16(4-10-18)26(32)34-2/h3-14,21-23H,1-2H3/t21-,22+,23-/m0/s1. The monoisotopic (exact) mass is 492 g/mol. The Morgan fingerprint density at radius 1 is 0.857 bits per heavy atom. The number of hydroxylamine groups is 1. The number of carbonyl (C=O) groups excluding carboxylic acids is 3. The highest BCUT2D eigenvalue weighted by atomic mass is 35.5. The number of fused-ring (bicyclic) bond motifs is 1. The van der Waals surface area contributed by atoms with E-state index in [1.54, 1.807) is 60.7 Å². The molecule has 0 saturated carbocycles. The number of esters is 1. The van der Waals surface area contributed by atoms with Crippen LogP contribution in [0.15, 0.2) is 72.8 Å². The minimum atomic E-state index is -1.01. The van der Waals surface area contributed by atoms with Crippen LogP contribution in [0.4, 0.5) is 11.4 Å². The number of amides is 2. The number of imide groups is 1. The summed E-state index contributed by atoms with van der Waals surface area (Å²) in [6.07, 6.45) is -1.01. The smallest absolute Gasteiger partial charge is 0.337 e. The lowest BCUT2D eigenvalue weighted by molar-refractivity contribution is -0.126. The fraction of sp³-hybridized carbons (Fsp3) is 0.192. The summed E-state index contributed by atoms with van der Waals surface area (Å²) in [7, 11) is 2.86. The molecule has 0 spiro atoms. The van der Waals surface area contributed by atoms with Crippen LogP contribution in [0.25, 0.3) is 0 Å². The van der Waals surface area contributed by atoms with Crippen molar-refractivity contribution < 1.29 is 28.7 Å². The molecule has 3 aromatic rings. The van der Waals surface area contributed by atoms with Gasteiger partial charge in [0.15, 0.2) is 6.10 Å². The molecule has 8 nitrogen and oxygen atoms in total. The Morgan fingerprint density at radius 2 is 1.49 bits per heavy atom. The van der Waals surface area contributed by atoms with Crippen LogP contribution in [0.3, 0.4) is 0 Å². The molecule has 2 saturated heterocycles. The molecule has 5 rings (SSSR count). The van der Waals surface area contributed by atoms with E-state index in [1.807, 2.05) is 12.1 Å². The maximum absolute atomic E-state index is 13.7. The van der Waals surface area contributed by atoms with Crippen LogP contribution in [0, 0.1) is 5.92 Å². The van der Waals surface area contributed by atoms with E-state index < -0.39 is 29.9 Å². The van der Waals surface area contributed by atoms with Crippen LogP contribution in [0.2, 0.25) is 5.02 Å². The molecule has 3 atom stereocenters. The van der Waals surface area contributed by atoms with Gasteiger partial charge in [-0.3, -0.25) is 14.4 Å². The van der Waals surface area contributed by atoms with Crippen LogP contribution in [-0.4, -0.2) is 38.1 Å². The van der Waals surface area contributed by atoms with Crippen molar-refractivity contribution in [3.63, 3.8) is 0 Å². The summed E-state index contributed by atoms with van der Waals surface area (Å²) in [4.78, 5) is 46.1. The average molecular weight is 493 g/mol. The van der Waals surface area contributed by atoms with Crippen molar-refractivity contribution in [3.05, 3.63) is 88.9 Å². The third-order valence-electron chi connectivity index (χ3n) is 6.20.